The maximum absolute atomic E-state index is 11.8. The first-order valence-corrected chi connectivity index (χ1v) is 4.86. The van der Waals surface area contributed by atoms with Crippen LogP contribution in [0.25, 0.3) is 0 Å². The average molecular weight is 234 g/mol. The van der Waals surface area contributed by atoms with Crippen LogP contribution in [-0.2, 0) is 0 Å². The van der Waals surface area contributed by atoms with E-state index in [0.717, 1.165) is 0 Å². The summed E-state index contributed by atoms with van der Waals surface area (Å²) in [6.45, 7) is 1.22. The van der Waals surface area contributed by atoms with Crippen LogP contribution in [0.3, 0.4) is 0 Å². The van der Waals surface area contributed by atoms with Crippen LogP contribution in [0.2, 0.25) is 0 Å². The quantitative estimate of drug-likeness (QED) is 0.867. The molecule has 0 aromatic heterocycles. The molecule has 90 valence electrons. The van der Waals surface area contributed by atoms with E-state index in [1.165, 1.54) is 0 Å². The Hall–Kier alpha value is -1.23. The maximum Gasteiger partial charge on any atom is 0.392 e. The zero-order valence-electron chi connectivity index (χ0n) is 8.79. The minimum atomic E-state index is -4.19. The molecule has 1 N–H and O–H groups in total. The molecule has 0 radical (unpaired) electrons. The summed E-state index contributed by atoms with van der Waals surface area (Å²) < 4.78 is 40.4. The Kier molecular flexibility index (Phi) is 4.18. The Morgan fingerprint density at radius 3 is 2.25 bits per heavy atom. The first-order chi connectivity index (χ1) is 7.38. The van der Waals surface area contributed by atoms with Crippen LogP contribution in [-0.4, -0.2) is 17.9 Å². The Balaban J connectivity index is 2.44. The summed E-state index contributed by atoms with van der Waals surface area (Å²) in [4.78, 5) is 0. The highest BCUT2D eigenvalue weighted by Gasteiger charge is 2.26. The number of halogens is 3. The summed E-state index contributed by atoms with van der Waals surface area (Å²) in [5.41, 5.74) is 0.697. The molecular formula is C11H13F3O2. The van der Waals surface area contributed by atoms with Crippen LogP contribution >= 0.6 is 0 Å². The smallest absolute Gasteiger partial charge is 0.392 e. The summed E-state index contributed by atoms with van der Waals surface area (Å²) >= 11 is 0. The van der Waals surface area contributed by atoms with Gasteiger partial charge in [0, 0.05) is 0 Å². The second-order valence-electron chi connectivity index (χ2n) is 3.46. The van der Waals surface area contributed by atoms with Gasteiger partial charge >= 0.3 is 6.18 Å². The number of benzene rings is 1. The molecule has 0 aliphatic rings. The van der Waals surface area contributed by atoms with E-state index in [0.29, 0.717) is 11.3 Å². The van der Waals surface area contributed by atoms with Gasteiger partial charge in [-0.05, 0) is 24.6 Å². The van der Waals surface area contributed by atoms with E-state index in [4.69, 9.17) is 4.74 Å². The van der Waals surface area contributed by atoms with E-state index >= 15 is 0 Å². The predicted octanol–water partition coefficient (Wildman–Crippen LogP) is 3.07. The standard InChI is InChI=1S/C11H13F3O2/c1-8(15)9-2-4-10(5-3-9)16-7-6-11(12,13)14/h2-5,8,15H,6-7H2,1H3/t8-/m0/s1. The number of aliphatic hydroxyl groups excluding tert-OH is 1. The summed E-state index contributed by atoms with van der Waals surface area (Å²) in [6.07, 6.45) is -5.76. The fourth-order valence-corrected chi connectivity index (χ4v) is 1.13. The van der Waals surface area contributed by atoms with Crippen LogP contribution in [0, 0.1) is 0 Å². The molecule has 5 heteroatoms. The van der Waals surface area contributed by atoms with Crippen LogP contribution in [0.5, 0.6) is 5.75 Å². The lowest BCUT2D eigenvalue weighted by molar-refractivity contribution is -0.139. The van der Waals surface area contributed by atoms with Crippen molar-refractivity contribution in [2.75, 3.05) is 6.61 Å². The molecule has 0 unspecified atom stereocenters. The van der Waals surface area contributed by atoms with Gasteiger partial charge in [-0.2, -0.15) is 13.2 Å². The zero-order chi connectivity index (χ0) is 12.2. The second-order valence-corrected chi connectivity index (χ2v) is 3.46. The molecule has 0 fully saturated rings. The number of alkyl halides is 3. The van der Waals surface area contributed by atoms with Crippen LogP contribution in [0.1, 0.15) is 25.0 Å². The minimum absolute atomic E-state index is 0.369. The van der Waals surface area contributed by atoms with Crippen molar-refractivity contribution >= 4 is 0 Å². The van der Waals surface area contributed by atoms with Gasteiger partial charge in [0.2, 0.25) is 0 Å². The topological polar surface area (TPSA) is 29.5 Å². The summed E-state index contributed by atoms with van der Waals surface area (Å²) in [5, 5.41) is 9.21. The van der Waals surface area contributed by atoms with Gasteiger partial charge in [-0.3, -0.25) is 0 Å². The van der Waals surface area contributed by atoms with E-state index in [2.05, 4.69) is 0 Å². The third kappa shape index (κ3) is 4.53. The molecule has 0 aliphatic heterocycles. The molecule has 2 nitrogen and oxygen atoms in total. The van der Waals surface area contributed by atoms with Gasteiger partial charge in [-0.25, -0.2) is 0 Å². The highest BCUT2D eigenvalue weighted by Crippen LogP contribution is 2.21. The van der Waals surface area contributed by atoms with E-state index < -0.39 is 25.3 Å². The fraction of sp³-hybridized carbons (Fsp3) is 0.455. The minimum Gasteiger partial charge on any atom is -0.493 e. The number of rotatable bonds is 4. The number of ether oxygens (including phenoxy) is 1. The fourth-order valence-electron chi connectivity index (χ4n) is 1.13. The van der Waals surface area contributed by atoms with Crippen molar-refractivity contribution in [2.45, 2.75) is 25.6 Å². The number of hydrogen-bond acceptors (Lipinski definition) is 2. The lowest BCUT2D eigenvalue weighted by Gasteiger charge is -2.09. The van der Waals surface area contributed by atoms with Crippen molar-refractivity contribution in [3.63, 3.8) is 0 Å². The maximum atomic E-state index is 11.8. The van der Waals surface area contributed by atoms with Crippen molar-refractivity contribution < 1.29 is 23.0 Å². The van der Waals surface area contributed by atoms with Crippen LogP contribution in [0.15, 0.2) is 24.3 Å². The number of hydrogen-bond donors (Lipinski definition) is 1. The highest BCUT2D eigenvalue weighted by atomic mass is 19.4. The third-order valence-corrected chi connectivity index (χ3v) is 2.02. The van der Waals surface area contributed by atoms with Gasteiger partial charge < -0.3 is 9.84 Å². The number of aliphatic hydroxyl groups is 1. The SMILES string of the molecule is C[C@H](O)c1ccc(OCCC(F)(F)F)cc1. The Morgan fingerprint density at radius 2 is 1.81 bits per heavy atom. The molecule has 0 amide bonds. The van der Waals surface area contributed by atoms with E-state index in [1.807, 2.05) is 0 Å². The Morgan fingerprint density at radius 1 is 1.25 bits per heavy atom. The molecule has 0 bridgehead atoms. The lowest BCUT2D eigenvalue weighted by atomic mass is 10.1. The molecule has 0 heterocycles. The van der Waals surface area contributed by atoms with Crippen molar-refractivity contribution in [1.82, 2.24) is 0 Å². The highest BCUT2D eigenvalue weighted by molar-refractivity contribution is 5.28. The average Bonchev–Trinajstić information content (AvgIpc) is 2.16. The van der Waals surface area contributed by atoms with Gasteiger partial charge in [0.15, 0.2) is 0 Å². The molecule has 0 spiro atoms. The van der Waals surface area contributed by atoms with Gasteiger partial charge in [0.05, 0.1) is 19.1 Å². The van der Waals surface area contributed by atoms with Crippen molar-refractivity contribution in [3.05, 3.63) is 29.8 Å². The molecule has 1 aromatic rings. The van der Waals surface area contributed by atoms with Gasteiger partial charge in [-0.15, -0.1) is 0 Å². The largest absolute Gasteiger partial charge is 0.493 e. The van der Waals surface area contributed by atoms with Gasteiger partial charge in [0.25, 0.3) is 0 Å². The molecule has 0 saturated carbocycles. The third-order valence-electron chi connectivity index (χ3n) is 2.02. The summed E-state index contributed by atoms with van der Waals surface area (Å²) in [5.74, 6) is 0.369. The van der Waals surface area contributed by atoms with Crippen LogP contribution < -0.4 is 4.74 Å². The molecule has 1 aromatic carbocycles. The van der Waals surface area contributed by atoms with E-state index in [-0.39, 0.29) is 0 Å². The van der Waals surface area contributed by atoms with Gasteiger partial charge in [-0.1, -0.05) is 12.1 Å². The Labute approximate surface area is 91.7 Å². The lowest BCUT2D eigenvalue weighted by Crippen LogP contribution is -2.13. The molecule has 1 atom stereocenters. The van der Waals surface area contributed by atoms with Crippen molar-refractivity contribution in [3.8, 4) is 5.75 Å². The molecule has 1 rings (SSSR count). The normalized spacial score (nSPS) is 13.6. The van der Waals surface area contributed by atoms with Crippen molar-refractivity contribution in [1.29, 1.82) is 0 Å². The first kappa shape index (κ1) is 12.8. The summed E-state index contributed by atoms with van der Waals surface area (Å²) in [6, 6.07) is 6.32. The monoisotopic (exact) mass is 234 g/mol. The molecule has 16 heavy (non-hydrogen) atoms. The predicted molar refractivity (Wildman–Crippen MR) is 53.2 cm³/mol. The van der Waals surface area contributed by atoms with E-state index in [1.54, 1.807) is 31.2 Å². The van der Waals surface area contributed by atoms with Crippen LogP contribution in [0.4, 0.5) is 13.2 Å². The molecule has 0 aliphatic carbocycles. The zero-order valence-corrected chi connectivity index (χ0v) is 8.79. The summed E-state index contributed by atoms with van der Waals surface area (Å²) in [7, 11) is 0. The molecule has 0 saturated heterocycles. The van der Waals surface area contributed by atoms with E-state index in [9.17, 15) is 18.3 Å². The molecular weight excluding hydrogens is 221 g/mol. The van der Waals surface area contributed by atoms with Crippen molar-refractivity contribution in [2.24, 2.45) is 0 Å². The first-order valence-electron chi connectivity index (χ1n) is 4.86. The second kappa shape index (κ2) is 5.21. The van der Waals surface area contributed by atoms with Gasteiger partial charge in [0.1, 0.15) is 5.75 Å². The Bertz CT molecular complexity index is 317.